The first-order valence-electron chi connectivity index (χ1n) is 9.21. The van der Waals surface area contributed by atoms with Gasteiger partial charge in [-0.2, -0.15) is 4.52 Å². The topological polar surface area (TPSA) is 81.2 Å². The smallest absolute Gasteiger partial charge is 0.309 e. The van der Waals surface area contributed by atoms with Crippen molar-refractivity contribution >= 4 is 22.3 Å². The van der Waals surface area contributed by atoms with Crippen LogP contribution in [0.15, 0.2) is 24.3 Å². The molecule has 2 N–H and O–H groups in total. The number of carbonyl (C=O) groups excluding carboxylic acids is 1. The number of aromatic hydroxyl groups is 1. The summed E-state index contributed by atoms with van der Waals surface area (Å²) < 4.78 is 20.3. The van der Waals surface area contributed by atoms with Gasteiger partial charge in [-0.15, -0.1) is 5.10 Å². The number of ether oxygens (including phenoxy) is 1. The molecule has 3 aromatic rings. The minimum Gasteiger partial charge on any atom is -0.492 e. The number of rotatable bonds is 4. The van der Waals surface area contributed by atoms with Crippen LogP contribution >= 0.6 is 11.3 Å². The average molecular weight is 405 g/mol. The first-order chi connectivity index (χ1) is 13.5. The van der Waals surface area contributed by atoms with E-state index in [-0.39, 0.29) is 29.6 Å². The zero-order valence-electron chi connectivity index (χ0n) is 15.7. The van der Waals surface area contributed by atoms with E-state index in [0.717, 1.165) is 5.56 Å². The van der Waals surface area contributed by atoms with E-state index in [9.17, 15) is 14.3 Å². The van der Waals surface area contributed by atoms with Crippen LogP contribution in [0.4, 0.5) is 4.39 Å². The molecule has 1 fully saturated rings. The van der Waals surface area contributed by atoms with Crippen LogP contribution in [-0.2, 0) is 9.53 Å². The number of thiazole rings is 1. The number of likely N-dealkylation sites (tertiary alicyclic amines) is 1. The zero-order chi connectivity index (χ0) is 19.8. The van der Waals surface area contributed by atoms with Gasteiger partial charge in [-0.1, -0.05) is 23.5 Å². The highest BCUT2D eigenvalue weighted by molar-refractivity contribution is 7.17. The number of methoxy groups -OCH3 is 1. The van der Waals surface area contributed by atoms with Crippen LogP contribution < -0.4 is 4.90 Å². The fourth-order valence-electron chi connectivity index (χ4n) is 3.97. The average Bonchev–Trinajstić information content (AvgIpc) is 3.19. The van der Waals surface area contributed by atoms with Crippen molar-refractivity contribution in [3.63, 3.8) is 0 Å². The number of benzene rings is 1. The van der Waals surface area contributed by atoms with E-state index in [0.29, 0.717) is 41.6 Å². The maximum absolute atomic E-state index is 14.0. The number of esters is 1. The van der Waals surface area contributed by atoms with Crippen LogP contribution in [-0.4, -0.2) is 45.9 Å². The molecule has 0 amide bonds. The minimum atomic E-state index is -0.318. The summed E-state index contributed by atoms with van der Waals surface area (Å²) in [5.41, 5.74) is 0.781. The van der Waals surface area contributed by atoms with Crippen molar-refractivity contribution in [3.8, 4) is 5.88 Å². The fraction of sp³-hybridized carbons (Fsp3) is 0.421. The Hall–Kier alpha value is -2.52. The summed E-state index contributed by atoms with van der Waals surface area (Å²) in [4.78, 5) is 18.7. The molecule has 1 aromatic carbocycles. The second kappa shape index (κ2) is 7.48. The van der Waals surface area contributed by atoms with E-state index in [1.165, 1.54) is 40.0 Å². The molecule has 2 aromatic heterocycles. The van der Waals surface area contributed by atoms with Crippen LogP contribution in [0.3, 0.4) is 0 Å². The molecule has 1 atom stereocenters. The van der Waals surface area contributed by atoms with Crippen LogP contribution in [0.5, 0.6) is 5.88 Å². The van der Waals surface area contributed by atoms with Gasteiger partial charge in [-0.25, -0.2) is 9.37 Å². The van der Waals surface area contributed by atoms with E-state index < -0.39 is 0 Å². The summed E-state index contributed by atoms with van der Waals surface area (Å²) in [7, 11) is 1.41. The number of aromatic nitrogens is 3. The highest BCUT2D eigenvalue weighted by Crippen LogP contribution is 2.35. The molecule has 4 rings (SSSR count). The lowest BCUT2D eigenvalue weighted by Gasteiger charge is -2.33. The third-order valence-corrected chi connectivity index (χ3v) is 6.41. The van der Waals surface area contributed by atoms with Gasteiger partial charge < -0.3 is 14.7 Å². The predicted octanol–water partition coefficient (Wildman–Crippen LogP) is 1.50. The molecule has 7 nitrogen and oxygen atoms in total. The lowest BCUT2D eigenvalue weighted by Crippen LogP contribution is -3.13. The standard InChI is InChI=1S/C19H21FN4O3S/c1-11-21-19-24(22-11)17(25)16(28-19)15(13-4-3-5-14(20)10-13)23-8-6-12(7-9-23)18(26)27-2/h3-5,10,12,15,25H,6-9H2,1-2H3/p+1/t15-/m1/s1. The van der Waals surface area contributed by atoms with Crippen LogP contribution in [0.25, 0.3) is 4.96 Å². The maximum atomic E-state index is 14.0. The van der Waals surface area contributed by atoms with Crippen molar-refractivity contribution in [2.45, 2.75) is 25.8 Å². The number of fused-ring (bicyclic) bond motifs is 1. The lowest BCUT2D eigenvalue weighted by molar-refractivity contribution is -0.930. The van der Waals surface area contributed by atoms with Gasteiger partial charge >= 0.3 is 5.97 Å². The second-order valence-corrected chi connectivity index (χ2v) is 8.10. The van der Waals surface area contributed by atoms with Crippen molar-refractivity contribution in [3.05, 3.63) is 46.3 Å². The molecule has 9 heteroatoms. The number of aryl methyl sites for hydroxylation is 1. The van der Waals surface area contributed by atoms with Gasteiger partial charge in [0.15, 0.2) is 6.04 Å². The van der Waals surface area contributed by atoms with E-state index in [2.05, 4.69) is 10.1 Å². The Morgan fingerprint density at radius 2 is 2.18 bits per heavy atom. The van der Waals surface area contributed by atoms with Gasteiger partial charge in [0.05, 0.1) is 26.1 Å². The number of carbonyl (C=O) groups is 1. The quantitative estimate of drug-likeness (QED) is 0.643. The summed E-state index contributed by atoms with van der Waals surface area (Å²) in [5, 5.41) is 15.0. The van der Waals surface area contributed by atoms with Crippen molar-refractivity contribution in [1.29, 1.82) is 0 Å². The van der Waals surface area contributed by atoms with E-state index in [1.807, 2.05) is 6.07 Å². The molecular weight excluding hydrogens is 383 g/mol. The number of piperidine rings is 1. The third kappa shape index (κ3) is 3.35. The summed E-state index contributed by atoms with van der Waals surface area (Å²) in [5.74, 6) is 0.0131. The number of hydrogen-bond donors (Lipinski definition) is 2. The zero-order valence-corrected chi connectivity index (χ0v) is 16.5. The SMILES string of the molecule is COC(=O)C1CC[NH+]([C@H](c2cccc(F)c2)c2sc3nc(C)nn3c2O)CC1. The molecular formula is C19H22FN4O3S+. The molecule has 0 spiro atoms. The van der Waals surface area contributed by atoms with Gasteiger partial charge in [0.1, 0.15) is 16.5 Å². The maximum Gasteiger partial charge on any atom is 0.309 e. The molecule has 3 heterocycles. The third-order valence-electron chi connectivity index (χ3n) is 5.32. The van der Waals surface area contributed by atoms with Crippen LogP contribution in [0.1, 0.15) is 35.1 Å². The molecule has 1 saturated heterocycles. The van der Waals surface area contributed by atoms with Gasteiger partial charge in [-0.05, 0) is 19.1 Å². The lowest BCUT2D eigenvalue weighted by atomic mass is 9.93. The minimum absolute atomic E-state index is 0.0393. The fourth-order valence-corrected chi connectivity index (χ4v) is 5.16. The molecule has 1 aliphatic rings. The second-order valence-electron chi connectivity index (χ2n) is 7.09. The summed E-state index contributed by atoms with van der Waals surface area (Å²) >= 11 is 1.36. The van der Waals surface area contributed by atoms with Crippen molar-refractivity contribution in [2.24, 2.45) is 5.92 Å². The van der Waals surface area contributed by atoms with Crippen molar-refractivity contribution < 1.29 is 23.9 Å². The monoisotopic (exact) mass is 405 g/mol. The molecule has 0 radical (unpaired) electrons. The Bertz CT molecular complexity index is 1010. The Balaban J connectivity index is 1.71. The highest BCUT2D eigenvalue weighted by Gasteiger charge is 2.37. The Morgan fingerprint density at radius 1 is 1.43 bits per heavy atom. The van der Waals surface area contributed by atoms with Gasteiger partial charge in [-0.3, -0.25) is 4.79 Å². The molecule has 0 unspecified atom stereocenters. The summed E-state index contributed by atoms with van der Waals surface area (Å²) in [6.45, 7) is 3.20. The molecule has 0 bridgehead atoms. The van der Waals surface area contributed by atoms with Crippen molar-refractivity contribution in [1.82, 2.24) is 14.6 Å². The first kappa shape index (κ1) is 18.8. The van der Waals surface area contributed by atoms with Crippen molar-refractivity contribution in [2.75, 3.05) is 20.2 Å². The van der Waals surface area contributed by atoms with Gasteiger partial charge in [0.25, 0.3) is 0 Å². The molecule has 0 saturated carbocycles. The van der Waals surface area contributed by atoms with E-state index >= 15 is 0 Å². The number of hydrogen-bond acceptors (Lipinski definition) is 6. The Kier molecular flexibility index (Phi) is 5.03. The van der Waals surface area contributed by atoms with E-state index in [1.54, 1.807) is 13.0 Å². The molecule has 148 valence electrons. The highest BCUT2D eigenvalue weighted by atomic mass is 32.1. The Morgan fingerprint density at radius 3 is 2.82 bits per heavy atom. The van der Waals surface area contributed by atoms with Gasteiger partial charge in [0.2, 0.25) is 10.8 Å². The van der Waals surface area contributed by atoms with Crippen LogP contribution in [0, 0.1) is 18.7 Å². The molecule has 0 aliphatic carbocycles. The van der Waals surface area contributed by atoms with Gasteiger partial charge in [0, 0.05) is 18.4 Å². The number of nitrogens with one attached hydrogen (secondary N) is 1. The van der Waals surface area contributed by atoms with Crippen LogP contribution in [0.2, 0.25) is 0 Å². The number of halogens is 1. The predicted molar refractivity (Wildman–Crippen MR) is 101 cm³/mol. The van der Waals surface area contributed by atoms with E-state index in [4.69, 9.17) is 4.74 Å². The number of quaternary nitrogens is 1. The largest absolute Gasteiger partial charge is 0.492 e. The summed E-state index contributed by atoms with van der Waals surface area (Å²) in [6, 6.07) is 6.20. The normalized spacial score (nSPS) is 21.0. The number of nitrogens with zero attached hydrogens (tertiary/aromatic N) is 3. The summed E-state index contributed by atoms with van der Waals surface area (Å²) in [6.07, 6.45) is 1.38. The molecule has 28 heavy (non-hydrogen) atoms. The Labute approximate surface area is 165 Å². The molecule has 1 aliphatic heterocycles. The first-order valence-corrected chi connectivity index (χ1v) is 10.0.